The molecule has 5 nitrogen and oxygen atoms in total. The maximum atomic E-state index is 12.2. The maximum absolute atomic E-state index is 12.2. The van der Waals surface area contributed by atoms with E-state index in [9.17, 15) is 9.59 Å². The Morgan fingerprint density at radius 2 is 1.92 bits per heavy atom. The lowest BCUT2D eigenvalue weighted by Crippen LogP contribution is -2.34. The van der Waals surface area contributed by atoms with Crippen LogP contribution in [0.1, 0.15) is 30.1 Å². The van der Waals surface area contributed by atoms with E-state index in [0.29, 0.717) is 28.4 Å². The minimum Gasteiger partial charge on any atom is -0.331 e. The van der Waals surface area contributed by atoms with Gasteiger partial charge in [0.25, 0.3) is 5.91 Å². The van der Waals surface area contributed by atoms with Crippen LogP contribution in [0.15, 0.2) is 46.9 Å². The van der Waals surface area contributed by atoms with Gasteiger partial charge < -0.3 is 10.6 Å². The minimum absolute atomic E-state index is 0.0775. The molecule has 0 atom stereocenters. The van der Waals surface area contributed by atoms with E-state index in [1.807, 2.05) is 13.0 Å². The van der Waals surface area contributed by atoms with Gasteiger partial charge in [-0.15, -0.1) is 0 Å². The van der Waals surface area contributed by atoms with Crippen LogP contribution < -0.4 is 16.0 Å². The first-order chi connectivity index (χ1) is 12.4. The Hall–Kier alpha value is -1.96. The summed E-state index contributed by atoms with van der Waals surface area (Å²) < 4.78 is 0.794. The van der Waals surface area contributed by atoms with Crippen molar-refractivity contribution in [3.05, 3.63) is 57.5 Å². The zero-order chi connectivity index (χ0) is 19.1. The standard InChI is InChI=1S/C18H17BrClN3O2S/c1-2-4-16(24)21-13-7-8-14(20)15(10-13)22-18(26)23-17(25)11-5-3-6-12(19)9-11/h3,5-10H,2,4H2,1H3,(H,21,24)(H2,22,23,25,26). The van der Waals surface area contributed by atoms with Gasteiger partial charge in [-0.1, -0.05) is 40.5 Å². The van der Waals surface area contributed by atoms with Crippen molar-refractivity contribution in [1.82, 2.24) is 5.32 Å². The summed E-state index contributed by atoms with van der Waals surface area (Å²) >= 11 is 14.7. The number of rotatable bonds is 5. The first-order valence-corrected chi connectivity index (χ1v) is 9.44. The molecule has 0 unspecified atom stereocenters. The van der Waals surface area contributed by atoms with Gasteiger partial charge in [0.15, 0.2) is 5.11 Å². The van der Waals surface area contributed by atoms with Crippen LogP contribution >= 0.6 is 39.7 Å². The third kappa shape index (κ3) is 6.09. The molecule has 0 aliphatic rings. The first-order valence-electron chi connectivity index (χ1n) is 7.86. The molecule has 2 aromatic carbocycles. The van der Waals surface area contributed by atoms with Gasteiger partial charge in [0.05, 0.1) is 10.7 Å². The van der Waals surface area contributed by atoms with E-state index < -0.39 is 0 Å². The normalized spacial score (nSPS) is 10.1. The predicted octanol–water partition coefficient (Wildman–Crippen LogP) is 4.97. The summed E-state index contributed by atoms with van der Waals surface area (Å²) in [5.74, 6) is -0.418. The lowest BCUT2D eigenvalue weighted by Gasteiger charge is -2.13. The highest BCUT2D eigenvalue weighted by Crippen LogP contribution is 2.25. The Labute approximate surface area is 170 Å². The van der Waals surface area contributed by atoms with Gasteiger partial charge in [-0.2, -0.15) is 0 Å². The number of hydrogen-bond donors (Lipinski definition) is 3. The summed E-state index contributed by atoms with van der Waals surface area (Å²) in [5.41, 5.74) is 1.55. The van der Waals surface area contributed by atoms with Crippen LogP contribution in [0.2, 0.25) is 5.02 Å². The summed E-state index contributed by atoms with van der Waals surface area (Å²) in [6.45, 7) is 1.93. The number of nitrogens with one attached hydrogen (secondary N) is 3. The maximum Gasteiger partial charge on any atom is 0.257 e. The molecule has 0 fully saturated rings. The number of thiocarbonyl (C=S) groups is 1. The van der Waals surface area contributed by atoms with Crippen LogP contribution in [0, 0.1) is 0 Å². The van der Waals surface area contributed by atoms with Crippen molar-refractivity contribution in [2.75, 3.05) is 10.6 Å². The number of anilines is 2. The van der Waals surface area contributed by atoms with E-state index in [-0.39, 0.29) is 16.9 Å². The van der Waals surface area contributed by atoms with Crippen molar-refractivity contribution >= 4 is 68.1 Å². The smallest absolute Gasteiger partial charge is 0.257 e. The van der Waals surface area contributed by atoms with Gasteiger partial charge in [0, 0.05) is 22.1 Å². The van der Waals surface area contributed by atoms with Crippen LogP contribution in [0.5, 0.6) is 0 Å². The molecule has 8 heteroatoms. The lowest BCUT2D eigenvalue weighted by atomic mass is 10.2. The molecular weight excluding hydrogens is 438 g/mol. The Balaban J connectivity index is 2.03. The van der Waals surface area contributed by atoms with Crippen LogP contribution in [0.4, 0.5) is 11.4 Å². The molecule has 3 N–H and O–H groups in total. The highest BCUT2D eigenvalue weighted by Gasteiger charge is 2.11. The third-order valence-electron chi connectivity index (χ3n) is 3.29. The van der Waals surface area contributed by atoms with Gasteiger partial charge in [0.2, 0.25) is 5.91 Å². The summed E-state index contributed by atoms with van der Waals surface area (Å²) in [4.78, 5) is 23.9. The number of halogens is 2. The fourth-order valence-electron chi connectivity index (χ4n) is 2.11. The Morgan fingerprint density at radius 3 is 2.62 bits per heavy atom. The van der Waals surface area contributed by atoms with Gasteiger partial charge in [0.1, 0.15) is 0 Å². The second-order valence-electron chi connectivity index (χ2n) is 5.41. The molecule has 0 heterocycles. The Kier molecular flexibility index (Phi) is 7.56. The van der Waals surface area contributed by atoms with Crippen molar-refractivity contribution in [3.63, 3.8) is 0 Å². The molecule has 0 spiro atoms. The van der Waals surface area contributed by atoms with Crippen molar-refractivity contribution in [1.29, 1.82) is 0 Å². The zero-order valence-electron chi connectivity index (χ0n) is 13.9. The van der Waals surface area contributed by atoms with Crippen LogP contribution in [0.3, 0.4) is 0 Å². The van der Waals surface area contributed by atoms with Crippen molar-refractivity contribution in [2.45, 2.75) is 19.8 Å². The Bertz CT molecular complexity index is 845. The van der Waals surface area contributed by atoms with Crippen LogP contribution in [0.25, 0.3) is 0 Å². The highest BCUT2D eigenvalue weighted by molar-refractivity contribution is 9.10. The predicted molar refractivity (Wildman–Crippen MR) is 113 cm³/mol. The number of benzene rings is 2. The van der Waals surface area contributed by atoms with E-state index >= 15 is 0 Å². The van der Waals surface area contributed by atoms with Crippen LogP contribution in [-0.2, 0) is 4.79 Å². The summed E-state index contributed by atoms with van der Waals surface area (Å²) in [7, 11) is 0. The number of carbonyl (C=O) groups excluding carboxylic acids is 2. The van der Waals surface area contributed by atoms with Crippen molar-refractivity contribution < 1.29 is 9.59 Å². The fraction of sp³-hybridized carbons (Fsp3) is 0.167. The molecule has 0 saturated carbocycles. The fourth-order valence-corrected chi connectivity index (χ4v) is 2.87. The molecule has 2 amide bonds. The van der Waals surface area contributed by atoms with Crippen molar-refractivity contribution in [3.8, 4) is 0 Å². The molecular formula is C18H17BrClN3O2S. The van der Waals surface area contributed by atoms with Gasteiger partial charge in [-0.25, -0.2) is 0 Å². The lowest BCUT2D eigenvalue weighted by molar-refractivity contribution is -0.116. The molecule has 0 aromatic heterocycles. The molecule has 2 rings (SSSR count). The van der Waals surface area contributed by atoms with Gasteiger partial charge in [-0.3, -0.25) is 14.9 Å². The van der Waals surface area contributed by atoms with Crippen LogP contribution in [-0.4, -0.2) is 16.9 Å². The van der Waals surface area contributed by atoms with Crippen molar-refractivity contribution in [2.24, 2.45) is 0 Å². The SMILES string of the molecule is CCCC(=O)Nc1ccc(Cl)c(NC(=S)NC(=O)c2cccc(Br)c2)c1. The Morgan fingerprint density at radius 1 is 1.15 bits per heavy atom. The molecule has 0 radical (unpaired) electrons. The van der Waals surface area contributed by atoms with E-state index in [1.54, 1.807) is 36.4 Å². The molecule has 0 aliphatic heterocycles. The third-order valence-corrected chi connectivity index (χ3v) is 4.32. The number of hydrogen-bond acceptors (Lipinski definition) is 3. The molecule has 2 aromatic rings. The topological polar surface area (TPSA) is 70.2 Å². The summed E-state index contributed by atoms with van der Waals surface area (Å²) in [6.07, 6.45) is 1.20. The van der Waals surface area contributed by atoms with E-state index in [4.69, 9.17) is 23.8 Å². The summed E-state index contributed by atoms with van der Waals surface area (Å²) in [5, 5.41) is 8.77. The molecule has 26 heavy (non-hydrogen) atoms. The second-order valence-corrected chi connectivity index (χ2v) is 7.14. The molecule has 0 aliphatic carbocycles. The number of carbonyl (C=O) groups is 2. The highest BCUT2D eigenvalue weighted by atomic mass is 79.9. The van der Waals surface area contributed by atoms with E-state index in [2.05, 4.69) is 31.9 Å². The molecule has 0 bridgehead atoms. The van der Waals surface area contributed by atoms with Gasteiger partial charge in [-0.05, 0) is 55.0 Å². The van der Waals surface area contributed by atoms with Gasteiger partial charge >= 0.3 is 0 Å². The second kappa shape index (κ2) is 9.66. The quantitative estimate of drug-likeness (QED) is 0.558. The number of amides is 2. The van der Waals surface area contributed by atoms with E-state index in [1.165, 1.54) is 0 Å². The molecule has 0 saturated heterocycles. The minimum atomic E-state index is -0.340. The van der Waals surface area contributed by atoms with E-state index in [0.717, 1.165) is 10.9 Å². The zero-order valence-corrected chi connectivity index (χ0v) is 17.1. The average molecular weight is 455 g/mol. The average Bonchev–Trinajstić information content (AvgIpc) is 2.58. The molecule has 136 valence electrons. The monoisotopic (exact) mass is 453 g/mol. The summed E-state index contributed by atoms with van der Waals surface area (Å²) in [6, 6.07) is 12.0. The first kappa shape index (κ1) is 20.4. The largest absolute Gasteiger partial charge is 0.331 e.